The summed E-state index contributed by atoms with van der Waals surface area (Å²) in [5.41, 5.74) is 2.96. The van der Waals surface area contributed by atoms with E-state index in [9.17, 15) is 0 Å². The lowest BCUT2D eigenvalue weighted by Crippen LogP contribution is -2.18. The van der Waals surface area contributed by atoms with E-state index in [1.165, 1.54) is 0 Å². The Bertz CT molecular complexity index is 1090. The fraction of sp³-hybridized carbons (Fsp3) is 0.280. The summed E-state index contributed by atoms with van der Waals surface area (Å²) in [6.45, 7) is 1.65. The van der Waals surface area contributed by atoms with Gasteiger partial charge in [-0.25, -0.2) is 0 Å². The second kappa shape index (κ2) is 12.4. The third kappa shape index (κ3) is 6.70. The van der Waals surface area contributed by atoms with Crippen molar-refractivity contribution in [3.8, 4) is 23.0 Å². The Hall–Kier alpha value is -2.12. The van der Waals surface area contributed by atoms with E-state index in [4.69, 9.17) is 42.1 Å². The minimum atomic E-state index is 0.293. The van der Waals surface area contributed by atoms with Crippen LogP contribution in [0.15, 0.2) is 53.0 Å². The molecule has 0 unspecified atom stereocenters. The quantitative estimate of drug-likeness (QED) is 0.267. The van der Waals surface area contributed by atoms with Crippen molar-refractivity contribution in [2.24, 2.45) is 0 Å². The number of rotatable bonds is 11. The van der Waals surface area contributed by atoms with E-state index < -0.39 is 0 Å². The molecule has 0 aromatic heterocycles. The van der Waals surface area contributed by atoms with Gasteiger partial charge in [-0.3, -0.25) is 0 Å². The second-order valence-corrected chi connectivity index (χ2v) is 8.90. The summed E-state index contributed by atoms with van der Waals surface area (Å²) in [6, 6.07) is 15.1. The summed E-state index contributed by atoms with van der Waals surface area (Å²) in [5, 5.41) is 4.63. The molecule has 176 valence electrons. The zero-order valence-corrected chi connectivity index (χ0v) is 21.8. The topological polar surface area (TPSA) is 49.0 Å². The van der Waals surface area contributed by atoms with Crippen molar-refractivity contribution >= 4 is 39.1 Å². The summed E-state index contributed by atoms with van der Waals surface area (Å²) in [6.07, 6.45) is 0.832. The van der Waals surface area contributed by atoms with E-state index in [2.05, 4.69) is 21.2 Å². The summed E-state index contributed by atoms with van der Waals surface area (Å²) in [7, 11) is 4.89. The second-order valence-electron chi connectivity index (χ2n) is 7.20. The zero-order chi connectivity index (χ0) is 23.8. The highest BCUT2D eigenvalue weighted by Crippen LogP contribution is 2.37. The largest absolute Gasteiger partial charge is 0.493 e. The molecule has 5 nitrogen and oxygen atoms in total. The Kier molecular flexibility index (Phi) is 9.56. The lowest BCUT2D eigenvalue weighted by Gasteiger charge is -2.18. The van der Waals surface area contributed by atoms with Crippen LogP contribution in [0.5, 0.6) is 23.0 Å². The van der Waals surface area contributed by atoms with Crippen LogP contribution < -0.4 is 24.3 Å². The predicted octanol–water partition coefficient (Wildman–Crippen LogP) is 6.69. The maximum Gasteiger partial charge on any atom is 0.167 e. The summed E-state index contributed by atoms with van der Waals surface area (Å²) >= 11 is 16.0. The summed E-state index contributed by atoms with van der Waals surface area (Å²) in [4.78, 5) is 0. The van der Waals surface area contributed by atoms with Gasteiger partial charge in [0, 0.05) is 32.2 Å². The molecule has 0 saturated carbocycles. The van der Waals surface area contributed by atoms with Gasteiger partial charge < -0.3 is 24.3 Å². The molecule has 0 fully saturated rings. The molecule has 3 rings (SSSR count). The molecule has 0 bridgehead atoms. The van der Waals surface area contributed by atoms with Crippen LogP contribution in [0.1, 0.15) is 16.7 Å². The molecule has 0 saturated heterocycles. The number of methoxy groups -OCH3 is 3. The van der Waals surface area contributed by atoms with Gasteiger partial charge in [-0.2, -0.15) is 0 Å². The molecule has 0 aliphatic carbocycles. The molecular formula is C25H26BrCl2NO4. The van der Waals surface area contributed by atoms with Crippen molar-refractivity contribution in [2.75, 3.05) is 27.9 Å². The number of benzene rings is 3. The van der Waals surface area contributed by atoms with Crippen molar-refractivity contribution in [3.05, 3.63) is 79.7 Å². The lowest BCUT2D eigenvalue weighted by molar-refractivity contribution is 0.280. The van der Waals surface area contributed by atoms with Gasteiger partial charge in [-0.05, 0) is 54.9 Å². The minimum absolute atomic E-state index is 0.293. The van der Waals surface area contributed by atoms with Crippen LogP contribution in [-0.2, 0) is 19.6 Å². The molecular weight excluding hydrogens is 529 g/mol. The number of ether oxygens (including phenoxy) is 4. The Morgan fingerprint density at radius 3 is 2.27 bits per heavy atom. The molecule has 8 heteroatoms. The first kappa shape index (κ1) is 25.5. The van der Waals surface area contributed by atoms with Crippen LogP contribution in [0, 0.1) is 0 Å². The smallest absolute Gasteiger partial charge is 0.167 e. The Morgan fingerprint density at radius 1 is 0.848 bits per heavy atom. The Morgan fingerprint density at radius 2 is 1.58 bits per heavy atom. The zero-order valence-electron chi connectivity index (χ0n) is 18.7. The van der Waals surface area contributed by atoms with Crippen LogP contribution in [-0.4, -0.2) is 27.9 Å². The SMILES string of the molecule is COc1ccc(CCNCc2c(Br)ccc(OC)c2OCc2ccc(Cl)cc2Cl)cc1OC. The molecule has 3 aromatic carbocycles. The molecule has 0 radical (unpaired) electrons. The van der Waals surface area contributed by atoms with Gasteiger partial charge in [-0.1, -0.05) is 51.3 Å². The number of nitrogens with one attached hydrogen (secondary N) is 1. The van der Waals surface area contributed by atoms with Crippen molar-refractivity contribution in [3.63, 3.8) is 0 Å². The number of halogens is 3. The Balaban J connectivity index is 1.68. The van der Waals surface area contributed by atoms with E-state index >= 15 is 0 Å². The van der Waals surface area contributed by atoms with E-state index in [0.717, 1.165) is 45.6 Å². The highest BCUT2D eigenvalue weighted by atomic mass is 79.9. The van der Waals surface area contributed by atoms with Gasteiger partial charge >= 0.3 is 0 Å². The van der Waals surface area contributed by atoms with E-state index in [0.29, 0.717) is 34.7 Å². The van der Waals surface area contributed by atoms with Crippen LogP contribution in [0.25, 0.3) is 0 Å². The highest BCUT2D eigenvalue weighted by molar-refractivity contribution is 9.10. The first-order valence-corrected chi connectivity index (χ1v) is 11.9. The molecule has 33 heavy (non-hydrogen) atoms. The molecule has 0 atom stereocenters. The fourth-order valence-corrected chi connectivity index (χ4v) is 4.25. The monoisotopic (exact) mass is 553 g/mol. The lowest BCUT2D eigenvalue weighted by atomic mass is 10.1. The van der Waals surface area contributed by atoms with Gasteiger partial charge in [-0.15, -0.1) is 0 Å². The third-order valence-corrected chi connectivity index (χ3v) is 6.44. The maximum absolute atomic E-state index is 6.31. The van der Waals surface area contributed by atoms with Crippen LogP contribution in [0.3, 0.4) is 0 Å². The van der Waals surface area contributed by atoms with E-state index in [1.54, 1.807) is 33.5 Å². The van der Waals surface area contributed by atoms with Crippen LogP contribution in [0.4, 0.5) is 0 Å². The average molecular weight is 555 g/mol. The van der Waals surface area contributed by atoms with Gasteiger partial charge in [0.2, 0.25) is 0 Å². The third-order valence-electron chi connectivity index (χ3n) is 5.11. The summed E-state index contributed by atoms with van der Waals surface area (Å²) in [5.74, 6) is 2.76. The molecule has 0 spiro atoms. The normalized spacial score (nSPS) is 10.7. The molecule has 0 aliphatic rings. The van der Waals surface area contributed by atoms with E-state index in [-0.39, 0.29) is 0 Å². The van der Waals surface area contributed by atoms with Gasteiger partial charge in [0.05, 0.1) is 21.3 Å². The summed E-state index contributed by atoms with van der Waals surface area (Å²) < 4.78 is 23.3. The number of hydrogen-bond acceptors (Lipinski definition) is 5. The standard InChI is InChI=1S/C25H26BrCl2NO4/c1-30-22-8-4-16(12-24(22)32-3)10-11-29-14-19-20(26)7-9-23(31-2)25(19)33-15-17-5-6-18(27)13-21(17)28/h4-9,12-13,29H,10-11,14-15H2,1-3H3. The predicted molar refractivity (Wildman–Crippen MR) is 136 cm³/mol. The molecule has 0 heterocycles. The minimum Gasteiger partial charge on any atom is -0.493 e. The Labute approximate surface area is 213 Å². The molecule has 1 N–H and O–H groups in total. The maximum atomic E-state index is 6.31. The van der Waals surface area contributed by atoms with Crippen molar-refractivity contribution < 1.29 is 18.9 Å². The van der Waals surface area contributed by atoms with Gasteiger partial charge in [0.1, 0.15) is 6.61 Å². The van der Waals surface area contributed by atoms with Crippen molar-refractivity contribution in [1.82, 2.24) is 5.32 Å². The average Bonchev–Trinajstić information content (AvgIpc) is 2.82. The number of hydrogen-bond donors (Lipinski definition) is 1. The molecule has 0 amide bonds. The van der Waals surface area contributed by atoms with Gasteiger partial charge in [0.25, 0.3) is 0 Å². The molecule has 0 aliphatic heterocycles. The molecule has 3 aromatic rings. The van der Waals surface area contributed by atoms with Crippen molar-refractivity contribution in [1.29, 1.82) is 0 Å². The van der Waals surface area contributed by atoms with Crippen LogP contribution >= 0.6 is 39.1 Å². The first-order chi connectivity index (χ1) is 16.0. The van der Waals surface area contributed by atoms with Crippen molar-refractivity contribution in [2.45, 2.75) is 19.6 Å². The highest BCUT2D eigenvalue weighted by Gasteiger charge is 2.15. The van der Waals surface area contributed by atoms with Gasteiger partial charge in [0.15, 0.2) is 23.0 Å². The van der Waals surface area contributed by atoms with Crippen LogP contribution in [0.2, 0.25) is 10.0 Å². The fourth-order valence-electron chi connectivity index (χ4n) is 3.34. The van der Waals surface area contributed by atoms with E-state index in [1.807, 2.05) is 36.4 Å². The first-order valence-electron chi connectivity index (χ1n) is 10.3.